The largest absolute Gasteiger partial charge is 0.369 e. The molecule has 24 heavy (non-hydrogen) atoms. The average molecular weight is 366 g/mol. The van der Waals surface area contributed by atoms with Gasteiger partial charge in [-0.1, -0.05) is 17.7 Å². The maximum atomic E-state index is 12.4. The predicted octanol–water partition coefficient (Wildman–Crippen LogP) is 2.89. The number of rotatable bonds is 4. The quantitative estimate of drug-likeness (QED) is 0.905. The van der Waals surface area contributed by atoms with E-state index in [0.717, 1.165) is 31.9 Å². The second kappa shape index (κ2) is 7.01. The fourth-order valence-corrected chi connectivity index (χ4v) is 4.01. The Hall–Kier alpha value is -1.76. The summed E-state index contributed by atoms with van der Waals surface area (Å²) in [5.41, 5.74) is 1.64. The van der Waals surface area contributed by atoms with E-state index in [4.69, 9.17) is 11.6 Å². The first-order chi connectivity index (χ1) is 11.4. The van der Waals surface area contributed by atoms with E-state index < -0.39 is 10.0 Å². The smallest absolute Gasteiger partial charge is 0.261 e. The third-order valence-corrected chi connectivity index (χ3v) is 5.71. The Balaban J connectivity index is 1.72. The number of hydrogen-bond donors (Lipinski definition) is 1. The van der Waals surface area contributed by atoms with Crippen molar-refractivity contribution in [1.82, 2.24) is 4.90 Å². The first-order valence-corrected chi connectivity index (χ1v) is 9.62. The second-order valence-electron chi connectivity index (χ2n) is 5.90. The molecule has 1 heterocycles. The molecule has 0 saturated carbocycles. The standard InChI is InChI=1S/C17H20ClN3O2S/c1-20-9-11-21(12-10-20)16-7-5-15(6-8-16)19-24(22,23)17-4-2-3-14(18)13-17/h2-8,13,19H,9-12H2,1H3. The number of hydrogen-bond acceptors (Lipinski definition) is 4. The molecule has 1 N–H and O–H groups in total. The van der Waals surface area contributed by atoms with E-state index in [0.29, 0.717) is 10.7 Å². The lowest BCUT2D eigenvalue weighted by Gasteiger charge is -2.34. The molecule has 1 aliphatic rings. The highest BCUT2D eigenvalue weighted by Crippen LogP contribution is 2.22. The molecular weight excluding hydrogens is 346 g/mol. The molecule has 1 saturated heterocycles. The summed E-state index contributed by atoms with van der Waals surface area (Å²) in [6.07, 6.45) is 0. The molecular formula is C17H20ClN3O2S. The number of likely N-dealkylation sites (N-methyl/N-ethyl adjacent to an activating group) is 1. The van der Waals surface area contributed by atoms with Crippen LogP contribution in [0.5, 0.6) is 0 Å². The summed E-state index contributed by atoms with van der Waals surface area (Å²) < 4.78 is 27.4. The number of nitrogens with zero attached hydrogens (tertiary/aromatic N) is 2. The van der Waals surface area contributed by atoms with Crippen LogP contribution in [-0.2, 0) is 10.0 Å². The summed E-state index contributed by atoms with van der Waals surface area (Å²) in [6, 6.07) is 13.7. The summed E-state index contributed by atoms with van der Waals surface area (Å²) in [5, 5.41) is 0.392. The minimum absolute atomic E-state index is 0.151. The Labute approximate surface area is 147 Å². The highest BCUT2D eigenvalue weighted by atomic mass is 35.5. The number of sulfonamides is 1. The molecule has 5 nitrogen and oxygen atoms in total. The molecule has 128 valence electrons. The number of benzene rings is 2. The molecule has 1 fully saturated rings. The van der Waals surface area contributed by atoms with Gasteiger partial charge in [0.1, 0.15) is 0 Å². The van der Waals surface area contributed by atoms with Gasteiger partial charge in [0.2, 0.25) is 0 Å². The molecule has 0 amide bonds. The van der Waals surface area contributed by atoms with Crippen LogP contribution in [0.15, 0.2) is 53.4 Å². The van der Waals surface area contributed by atoms with Crippen LogP contribution in [-0.4, -0.2) is 46.5 Å². The lowest BCUT2D eigenvalue weighted by Crippen LogP contribution is -2.44. The first-order valence-electron chi connectivity index (χ1n) is 7.76. The molecule has 0 spiro atoms. The molecule has 1 aliphatic heterocycles. The van der Waals surface area contributed by atoms with Crippen molar-refractivity contribution in [1.29, 1.82) is 0 Å². The Morgan fingerprint density at radius 1 is 1.00 bits per heavy atom. The van der Waals surface area contributed by atoms with Gasteiger partial charge in [-0.25, -0.2) is 8.42 Å². The van der Waals surface area contributed by atoms with E-state index in [1.54, 1.807) is 24.3 Å². The molecule has 0 bridgehead atoms. The molecule has 2 aromatic rings. The second-order valence-corrected chi connectivity index (χ2v) is 8.02. The Morgan fingerprint density at radius 2 is 1.67 bits per heavy atom. The van der Waals surface area contributed by atoms with Crippen LogP contribution in [0.1, 0.15) is 0 Å². The lowest BCUT2D eigenvalue weighted by atomic mass is 10.2. The maximum Gasteiger partial charge on any atom is 0.261 e. The zero-order valence-corrected chi connectivity index (χ0v) is 15.0. The van der Waals surface area contributed by atoms with E-state index in [-0.39, 0.29) is 4.90 Å². The van der Waals surface area contributed by atoms with Crippen molar-refractivity contribution >= 4 is 33.0 Å². The monoisotopic (exact) mass is 365 g/mol. The number of anilines is 2. The van der Waals surface area contributed by atoms with Crippen LogP contribution >= 0.6 is 11.6 Å². The molecule has 0 atom stereocenters. The van der Waals surface area contributed by atoms with Gasteiger partial charge in [-0.05, 0) is 49.5 Å². The first kappa shape index (κ1) is 17.1. The van der Waals surface area contributed by atoms with Crippen LogP contribution in [0.4, 0.5) is 11.4 Å². The topological polar surface area (TPSA) is 52.6 Å². The summed E-state index contributed by atoms with van der Waals surface area (Å²) in [5.74, 6) is 0. The van der Waals surface area contributed by atoms with Crippen LogP contribution in [0.2, 0.25) is 5.02 Å². The molecule has 0 aliphatic carbocycles. The zero-order valence-electron chi connectivity index (χ0n) is 13.4. The van der Waals surface area contributed by atoms with E-state index in [9.17, 15) is 8.42 Å². The van der Waals surface area contributed by atoms with E-state index in [2.05, 4.69) is 21.6 Å². The molecule has 7 heteroatoms. The van der Waals surface area contributed by atoms with Gasteiger partial charge in [0.25, 0.3) is 10.0 Å². The lowest BCUT2D eigenvalue weighted by molar-refractivity contribution is 0.313. The van der Waals surface area contributed by atoms with Crippen molar-refractivity contribution in [2.75, 3.05) is 42.8 Å². The summed E-state index contributed by atoms with van der Waals surface area (Å²) >= 11 is 5.87. The van der Waals surface area contributed by atoms with Gasteiger partial charge in [-0.2, -0.15) is 0 Å². The van der Waals surface area contributed by atoms with Crippen LogP contribution < -0.4 is 9.62 Å². The van der Waals surface area contributed by atoms with Gasteiger partial charge in [0.05, 0.1) is 4.90 Å². The fraction of sp³-hybridized carbons (Fsp3) is 0.294. The van der Waals surface area contributed by atoms with Crippen molar-refractivity contribution in [2.45, 2.75) is 4.90 Å². The normalized spacial score (nSPS) is 16.2. The van der Waals surface area contributed by atoms with Crippen molar-refractivity contribution in [3.05, 3.63) is 53.6 Å². The zero-order chi connectivity index (χ0) is 17.2. The number of nitrogens with one attached hydrogen (secondary N) is 1. The van der Waals surface area contributed by atoms with Crippen LogP contribution in [0, 0.1) is 0 Å². The third kappa shape index (κ3) is 4.01. The van der Waals surface area contributed by atoms with Crippen molar-refractivity contribution in [3.63, 3.8) is 0 Å². The highest BCUT2D eigenvalue weighted by molar-refractivity contribution is 7.92. The van der Waals surface area contributed by atoms with Gasteiger partial charge in [0.15, 0.2) is 0 Å². The van der Waals surface area contributed by atoms with Crippen molar-refractivity contribution < 1.29 is 8.42 Å². The fourth-order valence-electron chi connectivity index (χ4n) is 2.65. The van der Waals surface area contributed by atoms with Gasteiger partial charge >= 0.3 is 0 Å². The van der Waals surface area contributed by atoms with E-state index in [1.807, 2.05) is 12.1 Å². The van der Waals surface area contributed by atoms with Gasteiger partial charge < -0.3 is 9.80 Å². The minimum atomic E-state index is -3.64. The van der Waals surface area contributed by atoms with Crippen LogP contribution in [0.25, 0.3) is 0 Å². The minimum Gasteiger partial charge on any atom is -0.369 e. The number of piperazine rings is 1. The molecule has 0 radical (unpaired) electrons. The molecule has 0 aromatic heterocycles. The van der Waals surface area contributed by atoms with Crippen molar-refractivity contribution in [2.24, 2.45) is 0 Å². The Bertz CT molecular complexity index is 801. The number of halogens is 1. The van der Waals surface area contributed by atoms with E-state index >= 15 is 0 Å². The summed E-state index contributed by atoms with van der Waals surface area (Å²) in [7, 11) is -1.52. The third-order valence-electron chi connectivity index (χ3n) is 4.09. The van der Waals surface area contributed by atoms with E-state index in [1.165, 1.54) is 12.1 Å². The Morgan fingerprint density at radius 3 is 2.29 bits per heavy atom. The average Bonchev–Trinajstić information content (AvgIpc) is 2.56. The van der Waals surface area contributed by atoms with Gasteiger partial charge in [-0.15, -0.1) is 0 Å². The SMILES string of the molecule is CN1CCN(c2ccc(NS(=O)(=O)c3cccc(Cl)c3)cc2)CC1. The van der Waals surface area contributed by atoms with Gasteiger partial charge in [0, 0.05) is 42.6 Å². The van der Waals surface area contributed by atoms with Crippen molar-refractivity contribution in [3.8, 4) is 0 Å². The molecule has 3 rings (SSSR count). The summed E-state index contributed by atoms with van der Waals surface area (Å²) in [6.45, 7) is 4.01. The summed E-state index contributed by atoms with van der Waals surface area (Å²) in [4.78, 5) is 4.75. The molecule has 2 aromatic carbocycles. The predicted molar refractivity (Wildman–Crippen MR) is 98.4 cm³/mol. The Kier molecular flexibility index (Phi) is 4.99. The highest BCUT2D eigenvalue weighted by Gasteiger charge is 2.16. The van der Waals surface area contributed by atoms with Gasteiger partial charge in [-0.3, -0.25) is 4.72 Å². The molecule has 0 unspecified atom stereocenters. The maximum absolute atomic E-state index is 12.4. The van der Waals surface area contributed by atoms with Crippen LogP contribution in [0.3, 0.4) is 0 Å².